The fraction of sp³-hybridized carbons (Fsp3) is 0.100. The lowest BCUT2D eigenvalue weighted by Gasteiger charge is -2.06. The molecule has 1 aromatic carbocycles. The number of nitrogens with one attached hydrogen (secondary N) is 1. The molecule has 0 fully saturated rings. The van der Waals surface area contributed by atoms with E-state index in [9.17, 15) is 13.6 Å². The van der Waals surface area contributed by atoms with Crippen molar-refractivity contribution >= 4 is 11.7 Å². The van der Waals surface area contributed by atoms with Crippen LogP contribution in [0.3, 0.4) is 0 Å². The van der Waals surface area contributed by atoms with E-state index in [1.165, 1.54) is 6.07 Å². The van der Waals surface area contributed by atoms with Gasteiger partial charge >= 0.3 is 5.97 Å². The first-order valence-electron chi connectivity index (χ1n) is 4.10. The van der Waals surface area contributed by atoms with E-state index in [1.807, 2.05) is 0 Å². The summed E-state index contributed by atoms with van der Waals surface area (Å²) in [5.41, 5.74) is -0.0578. The van der Waals surface area contributed by atoms with Crippen molar-refractivity contribution in [2.45, 2.75) is 0 Å². The SMILES string of the molecule is C=C(CNc1ccc(F)cc1F)C(=O)O. The highest BCUT2D eigenvalue weighted by molar-refractivity contribution is 5.86. The van der Waals surface area contributed by atoms with Crippen molar-refractivity contribution in [3.8, 4) is 0 Å². The lowest BCUT2D eigenvalue weighted by molar-refractivity contribution is -0.132. The third-order valence-electron chi connectivity index (χ3n) is 1.73. The summed E-state index contributed by atoms with van der Waals surface area (Å²) >= 11 is 0. The Morgan fingerprint density at radius 2 is 2.13 bits per heavy atom. The lowest BCUT2D eigenvalue weighted by atomic mass is 10.2. The Kier molecular flexibility index (Phi) is 3.38. The van der Waals surface area contributed by atoms with E-state index in [0.717, 1.165) is 6.07 Å². The molecule has 0 aliphatic rings. The first kappa shape index (κ1) is 11.2. The molecule has 0 saturated heterocycles. The van der Waals surface area contributed by atoms with E-state index in [0.29, 0.717) is 6.07 Å². The predicted molar refractivity (Wildman–Crippen MR) is 51.6 cm³/mol. The molecule has 0 radical (unpaired) electrons. The molecule has 0 atom stereocenters. The van der Waals surface area contributed by atoms with Crippen LogP contribution in [-0.2, 0) is 4.79 Å². The van der Waals surface area contributed by atoms with Gasteiger partial charge in [0.25, 0.3) is 0 Å². The van der Waals surface area contributed by atoms with Crippen LogP contribution in [0.15, 0.2) is 30.4 Å². The number of halogens is 2. The summed E-state index contributed by atoms with van der Waals surface area (Å²) < 4.78 is 25.5. The second kappa shape index (κ2) is 4.54. The van der Waals surface area contributed by atoms with Crippen molar-refractivity contribution in [3.63, 3.8) is 0 Å². The average Bonchev–Trinajstić information content (AvgIpc) is 2.15. The van der Waals surface area contributed by atoms with E-state index in [-0.39, 0.29) is 17.8 Å². The summed E-state index contributed by atoms with van der Waals surface area (Å²) in [6, 6.07) is 2.99. The van der Waals surface area contributed by atoms with Gasteiger partial charge in [0.05, 0.1) is 5.69 Å². The van der Waals surface area contributed by atoms with Crippen LogP contribution >= 0.6 is 0 Å². The maximum absolute atomic E-state index is 13.0. The molecule has 0 amide bonds. The smallest absolute Gasteiger partial charge is 0.332 e. The van der Waals surface area contributed by atoms with Gasteiger partial charge in [-0.25, -0.2) is 13.6 Å². The van der Waals surface area contributed by atoms with Gasteiger partial charge in [-0.2, -0.15) is 0 Å². The van der Waals surface area contributed by atoms with E-state index >= 15 is 0 Å². The summed E-state index contributed by atoms with van der Waals surface area (Å²) in [6.07, 6.45) is 0. The zero-order valence-electron chi connectivity index (χ0n) is 7.76. The molecule has 0 spiro atoms. The van der Waals surface area contributed by atoms with Crippen molar-refractivity contribution in [1.29, 1.82) is 0 Å². The van der Waals surface area contributed by atoms with Crippen LogP contribution in [0.25, 0.3) is 0 Å². The molecule has 1 aromatic rings. The quantitative estimate of drug-likeness (QED) is 0.752. The van der Waals surface area contributed by atoms with E-state index in [1.54, 1.807) is 0 Å². The third kappa shape index (κ3) is 3.05. The maximum atomic E-state index is 13.0. The van der Waals surface area contributed by atoms with Gasteiger partial charge < -0.3 is 10.4 Å². The minimum absolute atomic E-state index is 0.0406. The molecule has 15 heavy (non-hydrogen) atoms. The van der Waals surface area contributed by atoms with E-state index in [2.05, 4.69) is 11.9 Å². The number of carbonyl (C=O) groups is 1. The molecule has 0 aromatic heterocycles. The summed E-state index contributed by atoms with van der Waals surface area (Å²) in [7, 11) is 0. The Balaban J connectivity index is 2.66. The normalized spacial score (nSPS) is 9.73. The molecule has 0 saturated carbocycles. The van der Waals surface area contributed by atoms with Crippen LogP contribution in [0.4, 0.5) is 14.5 Å². The van der Waals surface area contributed by atoms with Gasteiger partial charge in [0.1, 0.15) is 11.6 Å². The van der Waals surface area contributed by atoms with Crippen molar-refractivity contribution in [2.75, 3.05) is 11.9 Å². The first-order chi connectivity index (χ1) is 7.00. The maximum Gasteiger partial charge on any atom is 0.332 e. The second-order valence-corrected chi connectivity index (χ2v) is 2.89. The Hall–Kier alpha value is -1.91. The molecule has 0 unspecified atom stereocenters. The van der Waals surface area contributed by atoms with Crippen molar-refractivity contribution in [2.24, 2.45) is 0 Å². The number of hydrogen-bond acceptors (Lipinski definition) is 2. The third-order valence-corrected chi connectivity index (χ3v) is 1.73. The molecular weight excluding hydrogens is 204 g/mol. The number of benzene rings is 1. The standard InChI is InChI=1S/C10H9F2NO2/c1-6(10(14)15)5-13-9-3-2-7(11)4-8(9)12/h2-4,13H,1,5H2,(H,14,15). The van der Waals surface area contributed by atoms with E-state index in [4.69, 9.17) is 5.11 Å². The first-order valence-corrected chi connectivity index (χ1v) is 4.10. The number of carboxylic acid groups (broad SMARTS) is 1. The van der Waals surface area contributed by atoms with Gasteiger partial charge in [0.2, 0.25) is 0 Å². The topological polar surface area (TPSA) is 49.3 Å². The largest absolute Gasteiger partial charge is 0.478 e. The molecular formula is C10H9F2NO2. The van der Waals surface area contributed by atoms with Crippen LogP contribution in [0.5, 0.6) is 0 Å². The molecule has 0 aliphatic heterocycles. The van der Waals surface area contributed by atoms with Gasteiger partial charge in [0.15, 0.2) is 0 Å². The summed E-state index contributed by atoms with van der Waals surface area (Å²) in [5, 5.41) is 11.0. The van der Waals surface area contributed by atoms with Gasteiger partial charge in [-0.3, -0.25) is 0 Å². The molecule has 0 bridgehead atoms. The highest BCUT2D eigenvalue weighted by Gasteiger charge is 2.06. The molecule has 1 rings (SSSR count). The molecule has 3 nitrogen and oxygen atoms in total. The highest BCUT2D eigenvalue weighted by atomic mass is 19.1. The number of carboxylic acids is 1. The molecule has 0 aliphatic carbocycles. The number of aliphatic carboxylic acids is 1. The van der Waals surface area contributed by atoms with Crippen molar-refractivity contribution in [3.05, 3.63) is 42.0 Å². The Bertz CT molecular complexity index is 404. The summed E-state index contributed by atoms with van der Waals surface area (Å²) in [6.45, 7) is 3.16. The van der Waals surface area contributed by atoms with Crippen molar-refractivity contribution in [1.82, 2.24) is 0 Å². The van der Waals surface area contributed by atoms with Gasteiger partial charge in [-0.15, -0.1) is 0 Å². The van der Waals surface area contributed by atoms with Gasteiger partial charge in [-0.05, 0) is 12.1 Å². The Morgan fingerprint density at radius 1 is 1.47 bits per heavy atom. The monoisotopic (exact) mass is 213 g/mol. The zero-order valence-corrected chi connectivity index (χ0v) is 7.76. The zero-order chi connectivity index (χ0) is 11.4. The van der Waals surface area contributed by atoms with Gasteiger partial charge in [-0.1, -0.05) is 6.58 Å². The van der Waals surface area contributed by atoms with Gasteiger partial charge in [0, 0.05) is 18.2 Å². The minimum Gasteiger partial charge on any atom is -0.478 e. The molecule has 2 N–H and O–H groups in total. The molecule has 80 valence electrons. The fourth-order valence-corrected chi connectivity index (χ4v) is 0.910. The molecule has 0 heterocycles. The summed E-state index contributed by atoms with van der Waals surface area (Å²) in [4.78, 5) is 10.4. The van der Waals surface area contributed by atoms with E-state index < -0.39 is 17.6 Å². The van der Waals surface area contributed by atoms with Crippen LogP contribution in [0.2, 0.25) is 0 Å². The highest BCUT2D eigenvalue weighted by Crippen LogP contribution is 2.14. The predicted octanol–water partition coefficient (Wildman–Crippen LogP) is 2.02. The van der Waals surface area contributed by atoms with Crippen LogP contribution in [-0.4, -0.2) is 17.6 Å². The fourth-order valence-electron chi connectivity index (χ4n) is 0.910. The number of rotatable bonds is 4. The average molecular weight is 213 g/mol. The number of anilines is 1. The lowest BCUT2D eigenvalue weighted by Crippen LogP contribution is -2.12. The Labute approximate surface area is 85.0 Å². The van der Waals surface area contributed by atoms with Crippen molar-refractivity contribution < 1.29 is 18.7 Å². The van der Waals surface area contributed by atoms with Crippen LogP contribution in [0, 0.1) is 11.6 Å². The molecule has 5 heteroatoms. The number of hydrogen-bond donors (Lipinski definition) is 2. The van der Waals surface area contributed by atoms with Crippen LogP contribution in [0.1, 0.15) is 0 Å². The summed E-state index contributed by atoms with van der Waals surface area (Å²) in [5.74, 6) is -2.62. The Morgan fingerprint density at radius 3 is 2.67 bits per heavy atom. The van der Waals surface area contributed by atoms with Crippen LogP contribution < -0.4 is 5.32 Å². The minimum atomic E-state index is -1.16. The second-order valence-electron chi connectivity index (χ2n) is 2.89.